The predicted molar refractivity (Wildman–Crippen MR) is 197 cm³/mol. The summed E-state index contributed by atoms with van der Waals surface area (Å²) >= 11 is 0. The second-order valence-corrected chi connectivity index (χ2v) is 15.0. The van der Waals surface area contributed by atoms with Crippen LogP contribution in [0.2, 0.25) is 0 Å². The van der Waals surface area contributed by atoms with Gasteiger partial charge in [0.25, 0.3) is 5.56 Å². The maximum absolute atomic E-state index is 14.6. The van der Waals surface area contributed by atoms with E-state index in [0.717, 1.165) is 68.6 Å². The number of ether oxygens (including phenoxy) is 1. The van der Waals surface area contributed by atoms with Gasteiger partial charge in [0.05, 0.1) is 29.5 Å². The highest BCUT2D eigenvalue weighted by atomic mass is 19.1. The lowest BCUT2D eigenvalue weighted by Crippen LogP contribution is -2.44. The van der Waals surface area contributed by atoms with Crippen LogP contribution in [-0.2, 0) is 24.2 Å². The number of morpholine rings is 1. The molecule has 0 amide bonds. The second kappa shape index (κ2) is 14.4. The topological polar surface area (TPSA) is 104 Å². The third-order valence-corrected chi connectivity index (χ3v) is 11.0. The Morgan fingerprint density at radius 3 is 2.46 bits per heavy atom. The van der Waals surface area contributed by atoms with Crippen molar-refractivity contribution in [1.29, 1.82) is 0 Å². The van der Waals surface area contributed by atoms with Gasteiger partial charge in [-0.1, -0.05) is 36.4 Å². The van der Waals surface area contributed by atoms with Crippen molar-refractivity contribution in [2.24, 2.45) is 5.92 Å². The maximum Gasteiger partial charge on any atom is 0.337 e. The number of nitrogens with zero attached hydrogens (tertiary/aromatic N) is 6. The average Bonchev–Trinajstić information content (AvgIpc) is 3.58. The number of hydrogen-bond acceptors (Lipinski definition) is 7. The van der Waals surface area contributed by atoms with Crippen molar-refractivity contribution in [3.63, 3.8) is 0 Å². The molecule has 5 heterocycles. The van der Waals surface area contributed by atoms with E-state index in [1.165, 1.54) is 20.8 Å². The summed E-state index contributed by atoms with van der Waals surface area (Å²) in [5.74, 6) is 0.542. The van der Waals surface area contributed by atoms with Crippen molar-refractivity contribution < 1.29 is 13.9 Å². The second-order valence-electron chi connectivity index (χ2n) is 15.0. The Morgan fingerprint density at radius 2 is 1.71 bits per heavy atom. The molecule has 0 N–H and O–H groups in total. The highest BCUT2D eigenvalue weighted by molar-refractivity contribution is 5.94. The van der Waals surface area contributed by atoms with Gasteiger partial charge in [-0.25, -0.2) is 23.7 Å². The first-order chi connectivity index (χ1) is 25.2. The quantitative estimate of drug-likeness (QED) is 0.170. The molecule has 2 aliphatic heterocycles. The summed E-state index contributed by atoms with van der Waals surface area (Å²) in [5, 5.41) is 0.0576. The number of imidazole rings is 1. The number of hydrogen-bond donors (Lipinski definition) is 0. The number of benzene rings is 2. The van der Waals surface area contributed by atoms with Crippen molar-refractivity contribution in [3.05, 3.63) is 111 Å². The average molecular weight is 705 g/mol. The van der Waals surface area contributed by atoms with Crippen molar-refractivity contribution in [1.82, 2.24) is 28.6 Å². The zero-order chi connectivity index (χ0) is 35.9. The minimum Gasteiger partial charge on any atom is -0.373 e. The summed E-state index contributed by atoms with van der Waals surface area (Å²) in [4.78, 5) is 52.7. The number of ketones is 1. The molecule has 0 radical (unpaired) electrons. The Kier molecular flexibility index (Phi) is 9.48. The molecule has 0 bridgehead atoms. The van der Waals surface area contributed by atoms with E-state index in [4.69, 9.17) is 4.74 Å². The van der Waals surface area contributed by atoms with Gasteiger partial charge in [0.2, 0.25) is 0 Å². The summed E-state index contributed by atoms with van der Waals surface area (Å²) in [6, 6.07) is 16.8. The van der Waals surface area contributed by atoms with E-state index in [1.807, 2.05) is 30.5 Å². The lowest BCUT2D eigenvalue weighted by atomic mass is 9.82. The van der Waals surface area contributed by atoms with Crippen LogP contribution in [0.4, 0.5) is 4.39 Å². The first kappa shape index (κ1) is 34.4. The van der Waals surface area contributed by atoms with E-state index in [-0.39, 0.29) is 41.0 Å². The number of carbonyl (C=O) groups excluding carboxylic acids is 1. The Hall–Kier alpha value is -4.74. The van der Waals surface area contributed by atoms with Crippen molar-refractivity contribution in [3.8, 4) is 16.8 Å². The van der Waals surface area contributed by atoms with Crippen LogP contribution in [0.5, 0.6) is 0 Å². The van der Waals surface area contributed by atoms with E-state index in [2.05, 4.69) is 57.5 Å². The maximum atomic E-state index is 14.6. The lowest BCUT2D eigenvalue weighted by molar-refractivity contribution is -0.0704. The van der Waals surface area contributed by atoms with Gasteiger partial charge in [-0.2, -0.15) is 0 Å². The molecule has 2 aromatic carbocycles. The van der Waals surface area contributed by atoms with Crippen molar-refractivity contribution in [2.75, 3.05) is 13.1 Å². The summed E-state index contributed by atoms with van der Waals surface area (Å²) < 4.78 is 25.3. The van der Waals surface area contributed by atoms with Gasteiger partial charge in [-0.05, 0) is 93.2 Å². The van der Waals surface area contributed by atoms with Crippen LogP contribution in [0.25, 0.3) is 27.8 Å². The van der Waals surface area contributed by atoms with Crippen LogP contribution in [0.1, 0.15) is 86.7 Å². The van der Waals surface area contributed by atoms with E-state index < -0.39 is 17.1 Å². The number of fused-ring (bicyclic) bond motifs is 2. The predicted octanol–water partition coefficient (Wildman–Crippen LogP) is 6.50. The molecule has 1 aliphatic carbocycles. The summed E-state index contributed by atoms with van der Waals surface area (Å²) in [6.45, 7) is 7.75. The largest absolute Gasteiger partial charge is 0.373 e. The number of halogens is 1. The zero-order valence-electron chi connectivity index (χ0n) is 29.8. The van der Waals surface area contributed by atoms with Gasteiger partial charge in [0.15, 0.2) is 11.4 Å². The smallest absolute Gasteiger partial charge is 0.337 e. The fourth-order valence-electron chi connectivity index (χ4n) is 8.56. The first-order valence-electron chi connectivity index (χ1n) is 18.7. The molecule has 52 heavy (non-hydrogen) atoms. The monoisotopic (exact) mass is 704 g/mol. The number of Topliss-reactive ketones (excluding diaryl/α,β-unsaturated/α-hetero) is 1. The lowest BCUT2D eigenvalue weighted by Gasteiger charge is -2.35. The Labute approximate surface area is 301 Å². The molecule has 270 valence electrons. The van der Waals surface area contributed by atoms with Gasteiger partial charge >= 0.3 is 5.69 Å². The minimum atomic E-state index is -0.639. The molecular weight excluding hydrogens is 659 g/mol. The van der Waals surface area contributed by atoms with Crippen LogP contribution in [0.15, 0.2) is 76.6 Å². The van der Waals surface area contributed by atoms with Crippen LogP contribution >= 0.6 is 0 Å². The number of pyridine rings is 1. The minimum absolute atomic E-state index is 0.0491. The van der Waals surface area contributed by atoms with E-state index in [9.17, 15) is 18.8 Å². The fourth-order valence-corrected chi connectivity index (χ4v) is 8.56. The fraction of sp³-hybridized carbons (Fsp3) is 0.439. The molecule has 2 atom stereocenters. The van der Waals surface area contributed by atoms with Crippen LogP contribution in [0, 0.1) is 11.7 Å². The van der Waals surface area contributed by atoms with Gasteiger partial charge in [-0.3, -0.25) is 19.1 Å². The van der Waals surface area contributed by atoms with Crippen LogP contribution < -0.4 is 11.2 Å². The van der Waals surface area contributed by atoms with Crippen LogP contribution in [0.3, 0.4) is 0 Å². The highest BCUT2D eigenvalue weighted by Gasteiger charge is 2.29. The van der Waals surface area contributed by atoms with E-state index >= 15 is 0 Å². The molecule has 0 spiro atoms. The highest BCUT2D eigenvalue weighted by Crippen LogP contribution is 2.34. The SMILES string of the molecule is C[C@@H]1CN(Cc2ccc(-c3cccc(-n4c(=O)n(C5CCC(CC(=O)c6cn7c(n6)CCCC7)CC5)c(=O)c5cc(F)cnc54)c3)cc2)C[C@H](C)O1. The summed E-state index contributed by atoms with van der Waals surface area (Å²) in [7, 11) is 0. The number of rotatable bonds is 8. The van der Waals surface area contributed by atoms with Crippen molar-refractivity contribution in [2.45, 2.75) is 96.6 Å². The van der Waals surface area contributed by atoms with Crippen molar-refractivity contribution >= 4 is 16.8 Å². The third kappa shape index (κ3) is 6.91. The standard InChI is InChI=1S/C41H45FN6O4/c1-26-22-45(23-27(2)52-26)24-29-9-13-30(14-10-29)31-6-5-7-34(19-31)47-39-35(20-32(42)21-43-39)40(50)48(41(47)51)33-15-11-28(12-16-33)18-37(49)36-25-46-17-4-3-8-38(46)44-36/h5-7,9-10,13-14,19-21,25-28,33H,3-4,8,11-12,15-18,22-24H2,1-2H3/t26-,27+,28?,33?. The van der Waals surface area contributed by atoms with Gasteiger partial charge in [0.1, 0.15) is 17.3 Å². The normalized spacial score (nSPS) is 22.4. The molecule has 1 saturated carbocycles. The molecular formula is C41H45FN6O4. The molecule has 11 heteroatoms. The Morgan fingerprint density at radius 1 is 0.942 bits per heavy atom. The van der Waals surface area contributed by atoms with Gasteiger partial charge in [0, 0.05) is 51.3 Å². The van der Waals surface area contributed by atoms with Gasteiger partial charge < -0.3 is 9.30 Å². The summed E-state index contributed by atoms with van der Waals surface area (Å²) in [6.07, 6.45) is 9.37. The molecule has 1 saturated heterocycles. The number of carbonyl (C=O) groups is 1. The molecule has 8 rings (SSSR count). The Balaban J connectivity index is 1.04. The number of aryl methyl sites for hydroxylation is 2. The molecule has 10 nitrogen and oxygen atoms in total. The van der Waals surface area contributed by atoms with Crippen LogP contribution in [-0.4, -0.2) is 59.6 Å². The molecule has 3 aliphatic rings. The zero-order valence-corrected chi connectivity index (χ0v) is 29.8. The van der Waals surface area contributed by atoms with E-state index in [0.29, 0.717) is 43.5 Å². The Bertz CT molecular complexity index is 2200. The summed E-state index contributed by atoms with van der Waals surface area (Å²) in [5.41, 5.74) is 3.27. The molecule has 2 fully saturated rings. The molecule has 5 aromatic rings. The van der Waals surface area contributed by atoms with E-state index in [1.54, 1.807) is 0 Å². The third-order valence-electron chi connectivity index (χ3n) is 11.0. The number of aromatic nitrogens is 5. The first-order valence-corrected chi connectivity index (χ1v) is 18.7. The molecule has 0 unspecified atom stereocenters. The van der Waals surface area contributed by atoms with Gasteiger partial charge in [-0.15, -0.1) is 0 Å². The molecule has 3 aromatic heterocycles.